The van der Waals surface area contributed by atoms with Gasteiger partial charge in [-0.1, -0.05) is 24.3 Å². The fourth-order valence-corrected chi connectivity index (χ4v) is 3.08. The van der Waals surface area contributed by atoms with Gasteiger partial charge in [0.05, 0.1) is 4.92 Å². The van der Waals surface area contributed by atoms with E-state index in [4.69, 9.17) is 0 Å². The van der Waals surface area contributed by atoms with E-state index in [0.29, 0.717) is 0 Å². The minimum Gasteiger partial charge on any atom is -0.258 e. The van der Waals surface area contributed by atoms with Crippen LogP contribution in [-0.2, 0) is 6.42 Å². The molecule has 84 valence electrons. The number of fused-ring (bicyclic) bond motifs is 3. The third-order valence-electron chi connectivity index (χ3n) is 3.07. The quantitative estimate of drug-likeness (QED) is 0.385. The zero-order valence-corrected chi connectivity index (χ0v) is 11.0. The van der Waals surface area contributed by atoms with Gasteiger partial charge in [-0.3, -0.25) is 10.1 Å². The average Bonchev–Trinajstić information content (AvgIpc) is 2.68. The van der Waals surface area contributed by atoms with Crippen LogP contribution in [0.15, 0.2) is 36.4 Å². The Kier molecular flexibility index (Phi) is 2.39. The second-order valence-corrected chi connectivity index (χ2v) is 5.21. The van der Waals surface area contributed by atoms with Crippen molar-refractivity contribution in [2.75, 3.05) is 0 Å². The predicted molar refractivity (Wildman–Crippen MR) is 74.1 cm³/mol. The molecule has 2 aromatic carbocycles. The SMILES string of the molecule is O=[N+]([O-])c1cc(I)c2c(c1)-c1ccccc1C2. The molecule has 0 saturated carbocycles. The highest BCUT2D eigenvalue weighted by Gasteiger charge is 2.23. The van der Waals surface area contributed by atoms with Crippen LogP contribution < -0.4 is 0 Å². The van der Waals surface area contributed by atoms with Crippen LogP contribution in [0.1, 0.15) is 11.1 Å². The monoisotopic (exact) mass is 337 g/mol. The molecule has 0 aromatic heterocycles. The molecule has 3 nitrogen and oxygen atoms in total. The fraction of sp³-hybridized carbons (Fsp3) is 0.0769. The maximum Gasteiger partial charge on any atom is 0.271 e. The van der Waals surface area contributed by atoms with Gasteiger partial charge in [0.2, 0.25) is 0 Å². The van der Waals surface area contributed by atoms with Gasteiger partial charge in [-0.25, -0.2) is 0 Å². The summed E-state index contributed by atoms with van der Waals surface area (Å²) in [7, 11) is 0. The highest BCUT2D eigenvalue weighted by atomic mass is 127. The number of benzene rings is 2. The smallest absolute Gasteiger partial charge is 0.258 e. The molecule has 0 unspecified atom stereocenters. The van der Waals surface area contributed by atoms with Crippen molar-refractivity contribution in [1.29, 1.82) is 0 Å². The van der Waals surface area contributed by atoms with Crippen LogP contribution in [0.4, 0.5) is 5.69 Å². The Morgan fingerprint density at radius 1 is 1.18 bits per heavy atom. The normalized spacial score (nSPS) is 12.1. The molecule has 0 bridgehead atoms. The molecule has 0 atom stereocenters. The van der Waals surface area contributed by atoms with Gasteiger partial charge in [-0.2, -0.15) is 0 Å². The number of nitrogens with zero attached hydrogens (tertiary/aromatic N) is 1. The number of hydrogen-bond acceptors (Lipinski definition) is 2. The van der Waals surface area contributed by atoms with Crippen molar-refractivity contribution in [3.63, 3.8) is 0 Å². The first-order chi connectivity index (χ1) is 8.16. The molecular formula is C13H8INO2. The molecule has 0 N–H and O–H groups in total. The molecule has 3 rings (SSSR count). The van der Waals surface area contributed by atoms with Crippen LogP contribution in [0.5, 0.6) is 0 Å². The minimum atomic E-state index is -0.330. The minimum absolute atomic E-state index is 0.171. The summed E-state index contributed by atoms with van der Waals surface area (Å²) >= 11 is 2.18. The van der Waals surface area contributed by atoms with Crippen LogP contribution in [0.25, 0.3) is 11.1 Å². The van der Waals surface area contributed by atoms with E-state index in [0.717, 1.165) is 21.1 Å². The average molecular weight is 337 g/mol. The molecule has 0 fully saturated rings. The molecule has 0 radical (unpaired) electrons. The molecule has 2 aromatic rings. The second-order valence-electron chi connectivity index (χ2n) is 4.04. The summed E-state index contributed by atoms with van der Waals surface area (Å²) in [5, 5.41) is 10.9. The number of nitro groups is 1. The summed E-state index contributed by atoms with van der Waals surface area (Å²) in [6.45, 7) is 0. The Morgan fingerprint density at radius 2 is 1.94 bits per heavy atom. The number of nitro benzene ring substituents is 1. The van der Waals surface area contributed by atoms with Gasteiger partial charge in [0.25, 0.3) is 5.69 Å². The summed E-state index contributed by atoms with van der Waals surface area (Å²) < 4.78 is 0.975. The second kappa shape index (κ2) is 3.80. The van der Waals surface area contributed by atoms with Crippen LogP contribution >= 0.6 is 22.6 Å². The van der Waals surface area contributed by atoms with Gasteiger partial charge in [-0.05, 0) is 51.3 Å². The van der Waals surface area contributed by atoms with Crippen LogP contribution in [0.3, 0.4) is 0 Å². The van der Waals surface area contributed by atoms with Crippen molar-refractivity contribution in [1.82, 2.24) is 0 Å². The third kappa shape index (κ3) is 1.63. The zero-order valence-electron chi connectivity index (χ0n) is 8.81. The van der Waals surface area contributed by atoms with Crippen LogP contribution in [-0.4, -0.2) is 4.92 Å². The fourth-order valence-electron chi connectivity index (χ4n) is 2.28. The van der Waals surface area contributed by atoms with Gasteiger partial charge >= 0.3 is 0 Å². The Labute approximate surface area is 112 Å². The Balaban J connectivity index is 2.28. The van der Waals surface area contributed by atoms with Gasteiger partial charge in [-0.15, -0.1) is 0 Å². The van der Waals surface area contributed by atoms with E-state index in [-0.39, 0.29) is 10.6 Å². The van der Waals surface area contributed by atoms with E-state index < -0.39 is 0 Å². The zero-order chi connectivity index (χ0) is 12.0. The van der Waals surface area contributed by atoms with Crippen LogP contribution in [0.2, 0.25) is 0 Å². The molecule has 1 aliphatic carbocycles. The first kappa shape index (κ1) is 10.7. The maximum atomic E-state index is 10.9. The summed E-state index contributed by atoms with van der Waals surface area (Å²) in [4.78, 5) is 10.5. The molecule has 17 heavy (non-hydrogen) atoms. The van der Waals surface area contributed by atoms with Gasteiger partial charge in [0.1, 0.15) is 0 Å². The Morgan fingerprint density at radius 3 is 2.71 bits per heavy atom. The highest BCUT2D eigenvalue weighted by Crippen LogP contribution is 2.40. The number of halogens is 1. The molecule has 0 amide bonds. The standard InChI is InChI=1S/C13H8INO2/c14-13-7-9(15(16)17)6-11-10-4-2-1-3-8(10)5-12(11)13/h1-4,6-7H,5H2. The van der Waals surface area contributed by atoms with Crippen molar-refractivity contribution in [2.24, 2.45) is 0 Å². The summed E-state index contributed by atoms with van der Waals surface area (Å²) in [6, 6.07) is 11.4. The Hall–Kier alpha value is -1.43. The predicted octanol–water partition coefficient (Wildman–Crippen LogP) is 3.77. The highest BCUT2D eigenvalue weighted by molar-refractivity contribution is 14.1. The van der Waals surface area contributed by atoms with Crippen molar-refractivity contribution in [3.05, 3.63) is 61.2 Å². The lowest BCUT2D eigenvalue weighted by molar-refractivity contribution is -0.384. The molecular weight excluding hydrogens is 329 g/mol. The van der Waals surface area contributed by atoms with E-state index in [2.05, 4.69) is 28.7 Å². The molecule has 0 heterocycles. The first-order valence-electron chi connectivity index (χ1n) is 5.22. The van der Waals surface area contributed by atoms with Gasteiger partial charge < -0.3 is 0 Å². The summed E-state index contributed by atoms with van der Waals surface area (Å²) in [6.07, 6.45) is 0.877. The largest absolute Gasteiger partial charge is 0.271 e. The van der Waals surface area contributed by atoms with Gasteiger partial charge in [0.15, 0.2) is 0 Å². The maximum absolute atomic E-state index is 10.9. The molecule has 0 aliphatic heterocycles. The first-order valence-corrected chi connectivity index (χ1v) is 6.30. The van der Waals surface area contributed by atoms with E-state index in [1.54, 1.807) is 12.1 Å². The molecule has 0 saturated heterocycles. The van der Waals surface area contributed by atoms with Crippen molar-refractivity contribution in [2.45, 2.75) is 6.42 Å². The van der Waals surface area contributed by atoms with E-state index in [1.165, 1.54) is 11.1 Å². The van der Waals surface area contributed by atoms with E-state index in [1.807, 2.05) is 18.2 Å². The van der Waals surface area contributed by atoms with Crippen molar-refractivity contribution in [3.8, 4) is 11.1 Å². The van der Waals surface area contributed by atoms with Crippen LogP contribution in [0, 0.1) is 13.7 Å². The van der Waals surface area contributed by atoms with Crippen molar-refractivity contribution < 1.29 is 4.92 Å². The van der Waals surface area contributed by atoms with Gasteiger partial charge in [0, 0.05) is 15.7 Å². The lowest BCUT2D eigenvalue weighted by Gasteiger charge is -2.03. The third-order valence-corrected chi connectivity index (χ3v) is 4.03. The lowest BCUT2D eigenvalue weighted by atomic mass is 10.1. The molecule has 4 heteroatoms. The summed E-state index contributed by atoms with van der Waals surface area (Å²) in [5.41, 5.74) is 4.77. The van der Waals surface area contributed by atoms with E-state index in [9.17, 15) is 10.1 Å². The summed E-state index contributed by atoms with van der Waals surface area (Å²) in [5.74, 6) is 0. The molecule has 0 spiro atoms. The number of hydrogen-bond donors (Lipinski definition) is 0. The topological polar surface area (TPSA) is 43.1 Å². The lowest BCUT2D eigenvalue weighted by Crippen LogP contribution is -1.92. The molecule has 1 aliphatic rings. The Bertz CT molecular complexity index is 637. The van der Waals surface area contributed by atoms with E-state index >= 15 is 0 Å². The van der Waals surface area contributed by atoms with Crippen molar-refractivity contribution >= 4 is 28.3 Å². The number of non-ortho nitro benzene ring substituents is 1. The number of rotatable bonds is 1.